The highest BCUT2D eigenvalue weighted by atomic mass is 32.2. The lowest BCUT2D eigenvalue weighted by Gasteiger charge is -2.48. The molecule has 0 amide bonds. The Morgan fingerprint density at radius 3 is 1.83 bits per heavy atom. The molecule has 1 saturated carbocycles. The quantitative estimate of drug-likeness (QED) is 0.273. The third-order valence-corrected chi connectivity index (χ3v) is 7.36. The van der Waals surface area contributed by atoms with Gasteiger partial charge in [0.2, 0.25) is 5.79 Å². The molecular formula is C30H30O10S. The summed E-state index contributed by atoms with van der Waals surface area (Å²) in [6, 6.07) is 25.7. The Morgan fingerprint density at radius 2 is 1.29 bits per heavy atom. The van der Waals surface area contributed by atoms with Crippen LogP contribution in [-0.2, 0) is 44.6 Å². The molecule has 0 bridgehead atoms. The molecule has 41 heavy (non-hydrogen) atoms. The van der Waals surface area contributed by atoms with Gasteiger partial charge in [-0.25, -0.2) is 9.59 Å². The number of carbonyl (C=O) groups excluding carboxylic acids is 2. The maximum absolute atomic E-state index is 13.4. The van der Waals surface area contributed by atoms with Crippen molar-refractivity contribution in [2.75, 3.05) is 19.5 Å². The summed E-state index contributed by atoms with van der Waals surface area (Å²) in [6.07, 6.45) is -4.36. The summed E-state index contributed by atoms with van der Waals surface area (Å²) in [5.74, 6) is -3.11. The van der Waals surface area contributed by atoms with Gasteiger partial charge in [-0.2, -0.15) is 8.42 Å². The van der Waals surface area contributed by atoms with Crippen molar-refractivity contribution in [1.82, 2.24) is 0 Å². The monoisotopic (exact) mass is 582 g/mol. The Hall–Kier alpha value is -3.61. The zero-order chi connectivity index (χ0) is 28.9. The standard InChI is InChI=1S/C30H30O10S/c1-41(33,34)40-24-19-30(36-17-18-37-30)27(39-29(32)23-15-9-4-10-16-23)26(38-28(31)22-13-7-3-8-14-22)25(24)35-20-21-11-5-2-6-12-21/h2-16,24-27H,17-20H2,1H3/t24-,25-,26+,27-/m0/s1. The van der Waals surface area contributed by atoms with E-state index in [1.54, 1.807) is 60.7 Å². The van der Waals surface area contributed by atoms with Gasteiger partial charge in [-0.3, -0.25) is 4.18 Å². The lowest BCUT2D eigenvalue weighted by molar-refractivity contribution is -0.297. The van der Waals surface area contributed by atoms with E-state index in [4.69, 9.17) is 27.9 Å². The number of hydrogen-bond acceptors (Lipinski definition) is 10. The molecule has 3 aromatic carbocycles. The molecule has 2 aliphatic rings. The van der Waals surface area contributed by atoms with Gasteiger partial charge >= 0.3 is 11.9 Å². The van der Waals surface area contributed by atoms with Crippen molar-refractivity contribution in [3.05, 3.63) is 108 Å². The second-order valence-electron chi connectivity index (χ2n) is 9.74. The number of rotatable bonds is 9. The van der Waals surface area contributed by atoms with E-state index in [0.717, 1.165) is 11.8 Å². The molecular weight excluding hydrogens is 552 g/mol. The van der Waals surface area contributed by atoms with Gasteiger partial charge in [0.1, 0.15) is 12.2 Å². The first kappa shape index (κ1) is 28.9. The molecule has 216 valence electrons. The molecule has 11 heteroatoms. The summed E-state index contributed by atoms with van der Waals surface area (Å²) in [6.45, 7) is 0.308. The summed E-state index contributed by atoms with van der Waals surface area (Å²) in [5.41, 5.74) is 1.27. The topological polar surface area (TPSA) is 124 Å². The summed E-state index contributed by atoms with van der Waals surface area (Å²) >= 11 is 0. The van der Waals surface area contributed by atoms with Crippen LogP contribution in [0.2, 0.25) is 0 Å². The second kappa shape index (κ2) is 12.5. The first-order chi connectivity index (χ1) is 19.7. The van der Waals surface area contributed by atoms with Crippen molar-refractivity contribution in [2.24, 2.45) is 0 Å². The van der Waals surface area contributed by atoms with Crippen LogP contribution in [0.5, 0.6) is 0 Å². The van der Waals surface area contributed by atoms with Crippen molar-refractivity contribution in [3.8, 4) is 0 Å². The number of ether oxygens (including phenoxy) is 5. The zero-order valence-electron chi connectivity index (χ0n) is 22.3. The Bertz CT molecular complexity index is 1420. The molecule has 4 atom stereocenters. The molecule has 1 aliphatic heterocycles. The summed E-state index contributed by atoms with van der Waals surface area (Å²) in [5, 5.41) is 0. The van der Waals surface area contributed by atoms with E-state index in [1.165, 1.54) is 0 Å². The van der Waals surface area contributed by atoms with Crippen LogP contribution in [-0.4, -0.2) is 70.0 Å². The fourth-order valence-electron chi connectivity index (χ4n) is 4.99. The van der Waals surface area contributed by atoms with E-state index in [9.17, 15) is 18.0 Å². The largest absolute Gasteiger partial charge is 0.452 e. The first-order valence-corrected chi connectivity index (χ1v) is 14.9. The van der Waals surface area contributed by atoms with Crippen molar-refractivity contribution in [2.45, 2.75) is 43.2 Å². The van der Waals surface area contributed by atoms with Gasteiger partial charge in [-0.05, 0) is 29.8 Å². The Labute approximate surface area is 238 Å². The van der Waals surface area contributed by atoms with Crippen molar-refractivity contribution in [1.29, 1.82) is 0 Å². The van der Waals surface area contributed by atoms with Gasteiger partial charge in [0, 0.05) is 6.42 Å². The fraction of sp³-hybridized carbons (Fsp3) is 0.333. The number of benzene rings is 3. The lowest BCUT2D eigenvalue weighted by Crippen LogP contribution is -2.66. The summed E-state index contributed by atoms with van der Waals surface area (Å²) in [4.78, 5) is 26.7. The van der Waals surface area contributed by atoms with Crippen LogP contribution in [0, 0.1) is 0 Å². The minimum absolute atomic E-state index is 0.0303. The highest BCUT2D eigenvalue weighted by Crippen LogP contribution is 2.43. The molecule has 1 spiro atoms. The summed E-state index contributed by atoms with van der Waals surface area (Å²) < 4.78 is 60.4. The molecule has 1 aliphatic carbocycles. The maximum Gasteiger partial charge on any atom is 0.338 e. The van der Waals surface area contributed by atoms with Crippen LogP contribution in [0.1, 0.15) is 32.7 Å². The fourth-order valence-corrected chi connectivity index (χ4v) is 5.62. The predicted molar refractivity (Wildman–Crippen MR) is 145 cm³/mol. The molecule has 1 saturated heterocycles. The van der Waals surface area contributed by atoms with Crippen LogP contribution in [0.25, 0.3) is 0 Å². The zero-order valence-corrected chi connectivity index (χ0v) is 23.1. The van der Waals surface area contributed by atoms with Gasteiger partial charge in [0.15, 0.2) is 12.2 Å². The lowest BCUT2D eigenvalue weighted by atomic mass is 9.83. The Kier molecular flexibility index (Phi) is 8.81. The highest BCUT2D eigenvalue weighted by Gasteiger charge is 2.62. The van der Waals surface area contributed by atoms with Gasteiger partial charge in [0.05, 0.1) is 37.2 Å². The number of esters is 2. The predicted octanol–water partition coefficient (Wildman–Crippen LogP) is 3.51. The van der Waals surface area contributed by atoms with E-state index >= 15 is 0 Å². The molecule has 0 radical (unpaired) electrons. The minimum atomic E-state index is -4.01. The van der Waals surface area contributed by atoms with Crippen LogP contribution in [0.15, 0.2) is 91.0 Å². The second-order valence-corrected chi connectivity index (χ2v) is 11.3. The van der Waals surface area contributed by atoms with Gasteiger partial charge in [-0.15, -0.1) is 0 Å². The van der Waals surface area contributed by atoms with Crippen molar-refractivity contribution >= 4 is 22.1 Å². The third-order valence-electron chi connectivity index (χ3n) is 6.76. The maximum atomic E-state index is 13.4. The Balaban J connectivity index is 1.56. The average Bonchev–Trinajstić information content (AvgIpc) is 3.44. The molecule has 0 N–H and O–H groups in total. The molecule has 0 unspecified atom stereocenters. The van der Waals surface area contributed by atoms with E-state index in [-0.39, 0.29) is 37.4 Å². The minimum Gasteiger partial charge on any atom is -0.452 e. The van der Waals surface area contributed by atoms with E-state index in [2.05, 4.69) is 0 Å². The molecule has 0 aromatic heterocycles. The van der Waals surface area contributed by atoms with E-state index < -0.39 is 52.3 Å². The SMILES string of the molecule is CS(=O)(=O)O[C@H]1CC2(OCCO2)[C@@H](OC(=O)c2ccccc2)[C@H](OC(=O)c2ccccc2)[C@H]1OCc1ccccc1. The third kappa shape index (κ3) is 7.00. The molecule has 2 fully saturated rings. The van der Waals surface area contributed by atoms with Crippen LogP contribution in [0.4, 0.5) is 0 Å². The van der Waals surface area contributed by atoms with Gasteiger partial charge in [-0.1, -0.05) is 66.7 Å². The van der Waals surface area contributed by atoms with E-state index in [1.807, 2.05) is 30.3 Å². The number of carbonyl (C=O) groups is 2. The van der Waals surface area contributed by atoms with Crippen LogP contribution < -0.4 is 0 Å². The molecule has 5 rings (SSSR count). The van der Waals surface area contributed by atoms with Gasteiger partial charge < -0.3 is 23.7 Å². The molecule has 3 aromatic rings. The normalized spacial score (nSPS) is 23.6. The number of hydrogen-bond donors (Lipinski definition) is 0. The van der Waals surface area contributed by atoms with E-state index in [0.29, 0.717) is 0 Å². The highest BCUT2D eigenvalue weighted by molar-refractivity contribution is 7.86. The van der Waals surface area contributed by atoms with Gasteiger partial charge in [0.25, 0.3) is 10.1 Å². The van der Waals surface area contributed by atoms with Crippen molar-refractivity contribution < 1.29 is 45.9 Å². The first-order valence-electron chi connectivity index (χ1n) is 13.1. The van der Waals surface area contributed by atoms with Crippen molar-refractivity contribution in [3.63, 3.8) is 0 Å². The average molecular weight is 583 g/mol. The van der Waals surface area contributed by atoms with Crippen LogP contribution >= 0.6 is 0 Å². The molecule has 10 nitrogen and oxygen atoms in total. The molecule has 1 heterocycles. The summed E-state index contributed by atoms with van der Waals surface area (Å²) in [7, 11) is -4.01. The van der Waals surface area contributed by atoms with Crippen LogP contribution in [0.3, 0.4) is 0 Å². The Morgan fingerprint density at radius 1 is 0.780 bits per heavy atom. The smallest absolute Gasteiger partial charge is 0.338 e.